The molecule has 0 aromatic heterocycles. The Kier molecular flexibility index (Phi) is 8.73. The number of carbonyl (C=O) groups is 2. The highest BCUT2D eigenvalue weighted by atomic mass is 16.7. The summed E-state index contributed by atoms with van der Waals surface area (Å²) in [6.07, 6.45) is -3.10. The van der Waals surface area contributed by atoms with Gasteiger partial charge in [0.25, 0.3) is 0 Å². The minimum atomic E-state index is -0.932. The van der Waals surface area contributed by atoms with Gasteiger partial charge in [0.15, 0.2) is 6.29 Å². The maximum atomic E-state index is 12.1. The van der Waals surface area contributed by atoms with Crippen LogP contribution in [0.4, 0.5) is 0 Å². The molecule has 1 aromatic carbocycles. The zero-order valence-electron chi connectivity index (χ0n) is 22.0. The molecule has 5 atom stereocenters. The Balaban J connectivity index is 2.40. The van der Waals surface area contributed by atoms with Crippen molar-refractivity contribution in [3.05, 3.63) is 29.8 Å². The van der Waals surface area contributed by atoms with Crippen molar-refractivity contribution in [2.24, 2.45) is 16.2 Å². The summed E-state index contributed by atoms with van der Waals surface area (Å²) in [6, 6.07) is 7.32. The molecule has 0 aliphatic carbocycles. The van der Waals surface area contributed by atoms with E-state index >= 15 is 0 Å². The van der Waals surface area contributed by atoms with Crippen molar-refractivity contribution < 1.29 is 34.0 Å². The first-order valence-electron chi connectivity index (χ1n) is 11.9. The first kappa shape index (κ1) is 28.4. The van der Waals surface area contributed by atoms with Gasteiger partial charge < -0.3 is 24.4 Å². The van der Waals surface area contributed by atoms with E-state index in [0.29, 0.717) is 5.75 Å². The smallest absolute Gasteiger partial charge is 0.184 e. The number of methoxy groups -OCH3 is 1. The molecular weight excluding hydrogens is 436 g/mol. The van der Waals surface area contributed by atoms with E-state index in [0.717, 1.165) is 5.56 Å². The van der Waals surface area contributed by atoms with Gasteiger partial charge in [0.1, 0.15) is 17.3 Å². The predicted octanol–water partition coefficient (Wildman–Crippen LogP) is 4.24. The van der Waals surface area contributed by atoms with Crippen molar-refractivity contribution in [3.8, 4) is 5.75 Å². The Bertz CT molecular complexity index is 810. The molecule has 192 valence electrons. The number of aliphatic hydroxyl groups excluding tert-OH is 2. The summed E-state index contributed by atoms with van der Waals surface area (Å²) < 4.78 is 18.0. The SMILES string of the molecule is COc1ccc(C2O[C@@H](C[C@H](O)C(C)(C)C(C)=O)C(C)(C)[C@@H](C[C@@H](O)C(C)(C)C(C)=O)O2)cc1. The van der Waals surface area contributed by atoms with Crippen LogP contribution < -0.4 is 4.74 Å². The lowest BCUT2D eigenvalue weighted by Crippen LogP contribution is -2.54. The fourth-order valence-corrected chi connectivity index (χ4v) is 3.99. The van der Waals surface area contributed by atoms with Crippen molar-refractivity contribution in [2.45, 2.75) is 98.9 Å². The lowest BCUT2D eigenvalue weighted by Gasteiger charge is -2.50. The van der Waals surface area contributed by atoms with Crippen LogP contribution >= 0.6 is 0 Å². The lowest BCUT2D eigenvalue weighted by molar-refractivity contribution is -0.308. The molecule has 1 aliphatic heterocycles. The van der Waals surface area contributed by atoms with E-state index in [9.17, 15) is 19.8 Å². The number of ketones is 2. The van der Waals surface area contributed by atoms with Crippen LogP contribution in [-0.2, 0) is 19.1 Å². The molecule has 1 fully saturated rings. The third-order valence-corrected chi connectivity index (χ3v) is 7.98. The lowest BCUT2D eigenvalue weighted by atomic mass is 9.70. The molecule has 1 aliphatic rings. The molecule has 2 rings (SSSR count). The van der Waals surface area contributed by atoms with Crippen molar-refractivity contribution in [1.82, 2.24) is 0 Å². The van der Waals surface area contributed by atoms with Gasteiger partial charge >= 0.3 is 0 Å². The minimum Gasteiger partial charge on any atom is -0.497 e. The highest BCUT2D eigenvalue weighted by Crippen LogP contribution is 2.46. The summed E-state index contributed by atoms with van der Waals surface area (Å²) in [5.74, 6) is 0.490. The second-order valence-electron chi connectivity index (χ2n) is 11.2. The molecule has 2 N–H and O–H groups in total. The van der Waals surface area contributed by atoms with Crippen molar-refractivity contribution in [1.29, 1.82) is 0 Å². The number of hydrogen-bond acceptors (Lipinski definition) is 7. The van der Waals surface area contributed by atoms with E-state index in [2.05, 4.69) is 0 Å². The standard InChI is InChI=1S/C27H42O7/c1-16(28)25(3,4)20(30)14-22-27(7,8)23(15-21(31)26(5,6)17(2)29)34-24(33-22)18-10-12-19(32-9)13-11-18/h10-13,20-24,30-31H,14-15H2,1-9H3/t20-,21+,22-,23+,24?. The molecular formula is C27H42O7. The maximum absolute atomic E-state index is 12.1. The highest BCUT2D eigenvalue weighted by molar-refractivity contribution is 5.82. The van der Waals surface area contributed by atoms with Gasteiger partial charge in [-0.3, -0.25) is 9.59 Å². The summed E-state index contributed by atoms with van der Waals surface area (Å²) >= 11 is 0. The van der Waals surface area contributed by atoms with E-state index in [1.54, 1.807) is 34.8 Å². The van der Waals surface area contributed by atoms with Crippen molar-refractivity contribution >= 4 is 11.6 Å². The number of hydrogen-bond donors (Lipinski definition) is 2. The van der Waals surface area contributed by atoms with Crippen LogP contribution in [0, 0.1) is 16.2 Å². The average Bonchev–Trinajstić information content (AvgIpc) is 2.75. The van der Waals surface area contributed by atoms with Gasteiger partial charge in [0, 0.05) is 34.7 Å². The van der Waals surface area contributed by atoms with E-state index in [-0.39, 0.29) is 24.4 Å². The summed E-state index contributed by atoms with van der Waals surface area (Å²) in [5.41, 5.74) is -1.71. The van der Waals surface area contributed by atoms with Gasteiger partial charge in [0.2, 0.25) is 0 Å². The third kappa shape index (κ3) is 5.88. The number of rotatable bonds is 10. The number of ether oxygens (including phenoxy) is 3. The Morgan fingerprint density at radius 2 is 1.29 bits per heavy atom. The maximum Gasteiger partial charge on any atom is 0.184 e. The number of carbonyl (C=O) groups excluding carboxylic acids is 2. The number of benzene rings is 1. The monoisotopic (exact) mass is 478 g/mol. The molecule has 1 heterocycles. The van der Waals surface area contributed by atoms with Crippen LogP contribution in [0.2, 0.25) is 0 Å². The minimum absolute atomic E-state index is 0.105. The topological polar surface area (TPSA) is 102 Å². The second-order valence-corrected chi connectivity index (χ2v) is 11.2. The largest absolute Gasteiger partial charge is 0.497 e. The average molecular weight is 479 g/mol. The molecule has 1 saturated heterocycles. The molecule has 1 unspecified atom stereocenters. The third-order valence-electron chi connectivity index (χ3n) is 7.98. The second kappa shape index (κ2) is 10.4. The Hall–Kier alpha value is -1.80. The molecule has 7 heteroatoms. The van der Waals surface area contributed by atoms with Crippen molar-refractivity contribution in [3.63, 3.8) is 0 Å². The van der Waals surface area contributed by atoms with Crippen LogP contribution in [0.5, 0.6) is 5.75 Å². The number of aliphatic hydroxyl groups is 2. The van der Waals surface area contributed by atoms with E-state index < -0.39 is 47.0 Å². The first-order chi connectivity index (χ1) is 15.5. The van der Waals surface area contributed by atoms with Crippen LogP contribution in [0.25, 0.3) is 0 Å². The summed E-state index contributed by atoms with van der Waals surface area (Å²) in [7, 11) is 1.59. The molecule has 1 aromatic rings. The summed E-state index contributed by atoms with van der Waals surface area (Å²) in [5, 5.41) is 21.9. The van der Waals surface area contributed by atoms with Gasteiger partial charge in [0.05, 0.1) is 31.5 Å². The fourth-order valence-electron chi connectivity index (χ4n) is 3.99. The Morgan fingerprint density at radius 3 is 1.62 bits per heavy atom. The fraction of sp³-hybridized carbons (Fsp3) is 0.704. The molecule has 0 amide bonds. The molecule has 0 spiro atoms. The van der Waals surface area contributed by atoms with Gasteiger partial charge in [-0.15, -0.1) is 0 Å². The Morgan fingerprint density at radius 1 is 0.912 bits per heavy atom. The molecule has 0 saturated carbocycles. The summed E-state index contributed by atoms with van der Waals surface area (Å²) in [6.45, 7) is 13.8. The van der Waals surface area contributed by atoms with E-state index in [4.69, 9.17) is 14.2 Å². The van der Waals surface area contributed by atoms with Gasteiger partial charge in [-0.05, 0) is 26.0 Å². The number of Topliss-reactive ketones (excluding diaryl/α,β-unsaturated/α-hetero) is 2. The molecule has 0 bridgehead atoms. The normalized spacial score (nSPS) is 24.9. The Labute approximate surface area is 203 Å². The predicted molar refractivity (Wildman–Crippen MR) is 129 cm³/mol. The van der Waals surface area contributed by atoms with Crippen LogP contribution in [0.15, 0.2) is 24.3 Å². The van der Waals surface area contributed by atoms with Crippen molar-refractivity contribution in [2.75, 3.05) is 7.11 Å². The summed E-state index contributed by atoms with van der Waals surface area (Å²) in [4.78, 5) is 24.3. The van der Waals surface area contributed by atoms with Gasteiger partial charge in [-0.1, -0.05) is 53.7 Å². The molecule has 7 nitrogen and oxygen atoms in total. The van der Waals surface area contributed by atoms with Crippen LogP contribution in [0.1, 0.15) is 80.1 Å². The van der Waals surface area contributed by atoms with E-state index in [1.807, 2.05) is 38.1 Å². The zero-order chi connectivity index (χ0) is 26.1. The first-order valence-corrected chi connectivity index (χ1v) is 11.9. The van der Waals surface area contributed by atoms with Crippen LogP contribution in [-0.4, -0.2) is 53.3 Å². The zero-order valence-corrected chi connectivity index (χ0v) is 22.0. The highest BCUT2D eigenvalue weighted by Gasteiger charge is 2.50. The van der Waals surface area contributed by atoms with Gasteiger partial charge in [-0.2, -0.15) is 0 Å². The molecule has 34 heavy (non-hydrogen) atoms. The van der Waals surface area contributed by atoms with Gasteiger partial charge in [-0.25, -0.2) is 0 Å². The quantitative estimate of drug-likeness (QED) is 0.519. The van der Waals surface area contributed by atoms with E-state index in [1.165, 1.54) is 13.8 Å². The van der Waals surface area contributed by atoms with Crippen LogP contribution in [0.3, 0.4) is 0 Å². The molecule has 0 radical (unpaired) electrons.